The van der Waals surface area contributed by atoms with Gasteiger partial charge in [-0.05, 0) is 6.42 Å². The lowest BCUT2D eigenvalue weighted by atomic mass is 10.2. The molecule has 0 radical (unpaired) electrons. The molecule has 0 aliphatic carbocycles. The first kappa shape index (κ1) is 7.39. The fourth-order valence-corrected chi connectivity index (χ4v) is 1.85. The first-order chi connectivity index (χ1) is 5.68. The Kier molecular flexibility index (Phi) is 1.46. The number of amides is 2. The second kappa shape index (κ2) is 2.36. The number of fused-ring (bicyclic) bond motifs is 2. The Hall–Kier alpha value is -1.26. The van der Waals surface area contributed by atoms with Crippen molar-refractivity contribution in [2.24, 2.45) is 0 Å². The minimum absolute atomic E-state index is 0.117. The van der Waals surface area contributed by atoms with Gasteiger partial charge in [-0.15, -0.1) is 0 Å². The maximum Gasteiger partial charge on any atom is 0.323 e. The molecule has 0 spiro atoms. The van der Waals surface area contributed by atoms with E-state index < -0.39 is 5.97 Å². The number of hydrogen-bond acceptors (Lipinski definition) is 2. The summed E-state index contributed by atoms with van der Waals surface area (Å²) in [6.07, 6.45) is 0.916. The van der Waals surface area contributed by atoms with Crippen molar-refractivity contribution in [1.82, 2.24) is 9.80 Å². The predicted molar refractivity (Wildman–Crippen MR) is 39.7 cm³/mol. The minimum atomic E-state index is -0.933. The highest BCUT2D eigenvalue weighted by Gasteiger charge is 2.42. The monoisotopic (exact) mass is 170 g/mol. The lowest BCUT2D eigenvalue weighted by Gasteiger charge is -2.24. The Bertz CT molecular complexity index is 241. The molecule has 0 saturated carbocycles. The van der Waals surface area contributed by atoms with Crippen LogP contribution < -0.4 is 0 Å². The zero-order valence-electron chi connectivity index (χ0n) is 6.56. The molecule has 12 heavy (non-hydrogen) atoms. The van der Waals surface area contributed by atoms with Gasteiger partial charge < -0.3 is 14.9 Å². The molecule has 2 saturated heterocycles. The molecule has 66 valence electrons. The van der Waals surface area contributed by atoms with Crippen LogP contribution in [-0.2, 0) is 4.79 Å². The molecule has 1 unspecified atom stereocenters. The van der Waals surface area contributed by atoms with E-state index in [2.05, 4.69) is 0 Å². The predicted octanol–water partition coefficient (Wildman–Crippen LogP) is -0.419. The van der Waals surface area contributed by atoms with Gasteiger partial charge in [0.2, 0.25) is 0 Å². The highest BCUT2D eigenvalue weighted by atomic mass is 16.4. The molecule has 1 atom stereocenters. The van der Waals surface area contributed by atoms with E-state index in [4.69, 9.17) is 5.11 Å². The maximum absolute atomic E-state index is 11.3. The topological polar surface area (TPSA) is 60.9 Å². The Balaban J connectivity index is 2.07. The molecule has 2 heterocycles. The van der Waals surface area contributed by atoms with Gasteiger partial charge in [0, 0.05) is 13.1 Å². The van der Waals surface area contributed by atoms with E-state index in [1.54, 1.807) is 4.90 Å². The van der Waals surface area contributed by atoms with Crippen LogP contribution in [0.1, 0.15) is 6.42 Å². The molecular weight excluding hydrogens is 160 g/mol. The highest BCUT2D eigenvalue weighted by Crippen LogP contribution is 2.25. The molecule has 5 heteroatoms. The first-order valence-corrected chi connectivity index (χ1v) is 3.96. The zero-order chi connectivity index (χ0) is 8.72. The smallest absolute Gasteiger partial charge is 0.323 e. The normalized spacial score (nSPS) is 27.0. The largest absolute Gasteiger partial charge is 0.480 e. The van der Waals surface area contributed by atoms with Crippen molar-refractivity contribution in [3.63, 3.8) is 0 Å². The molecule has 5 nitrogen and oxygen atoms in total. The van der Waals surface area contributed by atoms with Crippen LogP contribution in [0.25, 0.3) is 0 Å². The number of carbonyl (C=O) groups excluding carboxylic acids is 1. The molecule has 2 fully saturated rings. The van der Waals surface area contributed by atoms with Crippen LogP contribution in [0, 0.1) is 0 Å². The van der Waals surface area contributed by atoms with Gasteiger partial charge in [0.25, 0.3) is 0 Å². The highest BCUT2D eigenvalue weighted by molar-refractivity contribution is 5.83. The first-order valence-electron chi connectivity index (χ1n) is 3.96. The lowest BCUT2D eigenvalue weighted by molar-refractivity contribution is -0.137. The van der Waals surface area contributed by atoms with E-state index in [1.165, 1.54) is 4.90 Å². The summed E-state index contributed by atoms with van der Waals surface area (Å²) in [6.45, 7) is 1.35. The average Bonchev–Trinajstić information content (AvgIpc) is 2.53. The molecule has 2 aliphatic heterocycles. The van der Waals surface area contributed by atoms with E-state index in [0.717, 1.165) is 13.0 Å². The van der Waals surface area contributed by atoms with Crippen molar-refractivity contribution >= 4 is 12.0 Å². The van der Waals surface area contributed by atoms with Crippen LogP contribution >= 0.6 is 0 Å². The Morgan fingerprint density at radius 3 is 2.92 bits per heavy atom. The van der Waals surface area contributed by atoms with Crippen LogP contribution in [0.5, 0.6) is 0 Å². The number of nitrogens with zero attached hydrogens (tertiary/aromatic N) is 2. The van der Waals surface area contributed by atoms with Gasteiger partial charge in [0.1, 0.15) is 6.54 Å². The maximum atomic E-state index is 11.3. The van der Waals surface area contributed by atoms with E-state index >= 15 is 0 Å². The van der Waals surface area contributed by atoms with Gasteiger partial charge >= 0.3 is 12.0 Å². The van der Waals surface area contributed by atoms with Gasteiger partial charge in [-0.2, -0.15) is 0 Å². The fraction of sp³-hybridized carbons (Fsp3) is 0.714. The van der Waals surface area contributed by atoms with Crippen LogP contribution in [-0.4, -0.2) is 52.6 Å². The number of carbonyl (C=O) groups is 2. The van der Waals surface area contributed by atoms with Crippen molar-refractivity contribution in [3.8, 4) is 0 Å². The Morgan fingerprint density at radius 1 is 1.67 bits per heavy atom. The van der Waals surface area contributed by atoms with E-state index in [1.807, 2.05) is 0 Å². The average molecular weight is 170 g/mol. The SMILES string of the molecule is O=C(O)CN1C(=O)N2CCC1C2. The number of urea groups is 1. The van der Waals surface area contributed by atoms with Gasteiger partial charge in [-0.3, -0.25) is 4.79 Å². The van der Waals surface area contributed by atoms with Crippen molar-refractivity contribution in [2.75, 3.05) is 19.6 Å². The summed E-state index contributed by atoms with van der Waals surface area (Å²) in [4.78, 5) is 24.8. The fourth-order valence-electron chi connectivity index (χ4n) is 1.85. The summed E-state index contributed by atoms with van der Waals surface area (Å²) in [6, 6.07) is 0.0299. The van der Waals surface area contributed by atoms with Crippen LogP contribution in [0.4, 0.5) is 4.79 Å². The summed E-state index contributed by atoms with van der Waals surface area (Å²) in [5, 5.41) is 8.51. The van der Waals surface area contributed by atoms with Gasteiger partial charge in [-0.25, -0.2) is 4.79 Å². The van der Waals surface area contributed by atoms with Crippen LogP contribution in [0.15, 0.2) is 0 Å². The molecular formula is C7H10N2O3. The van der Waals surface area contributed by atoms with Crippen molar-refractivity contribution in [2.45, 2.75) is 12.5 Å². The summed E-state index contributed by atoms with van der Waals surface area (Å²) in [5.41, 5.74) is 0. The van der Waals surface area contributed by atoms with E-state index in [0.29, 0.717) is 6.54 Å². The molecule has 0 aromatic heterocycles. The molecule has 2 amide bonds. The number of hydrogen-bond donors (Lipinski definition) is 1. The van der Waals surface area contributed by atoms with E-state index in [9.17, 15) is 9.59 Å². The third-order valence-corrected chi connectivity index (χ3v) is 2.43. The molecule has 0 aromatic rings. The van der Waals surface area contributed by atoms with Gasteiger partial charge in [0.05, 0.1) is 6.04 Å². The molecule has 1 N–H and O–H groups in total. The second-order valence-electron chi connectivity index (χ2n) is 3.19. The number of rotatable bonds is 2. The summed E-state index contributed by atoms with van der Waals surface area (Å²) in [7, 11) is 0. The molecule has 2 rings (SSSR count). The molecule has 2 aliphatic rings. The quantitative estimate of drug-likeness (QED) is 0.612. The van der Waals surface area contributed by atoms with Gasteiger partial charge in [0.15, 0.2) is 0 Å². The van der Waals surface area contributed by atoms with Crippen molar-refractivity contribution < 1.29 is 14.7 Å². The molecule has 0 aromatic carbocycles. The van der Waals surface area contributed by atoms with Crippen molar-refractivity contribution in [3.05, 3.63) is 0 Å². The zero-order valence-corrected chi connectivity index (χ0v) is 6.56. The Labute approximate surface area is 69.6 Å². The van der Waals surface area contributed by atoms with E-state index in [-0.39, 0.29) is 18.6 Å². The minimum Gasteiger partial charge on any atom is -0.480 e. The molecule has 2 bridgehead atoms. The lowest BCUT2D eigenvalue weighted by Crippen LogP contribution is -2.43. The number of carboxylic acids is 1. The number of aliphatic carboxylic acids is 1. The van der Waals surface area contributed by atoms with Crippen molar-refractivity contribution in [1.29, 1.82) is 0 Å². The summed E-state index contributed by atoms with van der Waals surface area (Å²) in [5.74, 6) is -0.933. The standard InChI is InChI=1S/C7H10N2O3/c10-6(11)4-9-5-1-2-8(3-5)7(9)12/h5H,1-4H2,(H,10,11). The third kappa shape index (κ3) is 0.929. The van der Waals surface area contributed by atoms with Crippen LogP contribution in [0.3, 0.4) is 0 Å². The second-order valence-corrected chi connectivity index (χ2v) is 3.19. The summed E-state index contributed by atoms with van der Waals surface area (Å²) < 4.78 is 0. The van der Waals surface area contributed by atoms with Gasteiger partial charge in [-0.1, -0.05) is 0 Å². The summed E-state index contributed by atoms with van der Waals surface area (Å²) >= 11 is 0. The number of carboxylic acid groups (broad SMARTS) is 1. The third-order valence-electron chi connectivity index (χ3n) is 2.43. The van der Waals surface area contributed by atoms with Crippen LogP contribution in [0.2, 0.25) is 0 Å². The Morgan fingerprint density at radius 2 is 2.42 bits per heavy atom.